The number of H-pyrrole nitrogens is 1. The maximum atomic E-state index is 6.39. The van der Waals surface area contributed by atoms with E-state index in [1.807, 2.05) is 12.1 Å². The van der Waals surface area contributed by atoms with Crippen LogP contribution in [0.2, 0.25) is 0 Å². The maximum absolute atomic E-state index is 6.39. The summed E-state index contributed by atoms with van der Waals surface area (Å²) in [6, 6.07) is 15.2. The van der Waals surface area contributed by atoms with E-state index in [-0.39, 0.29) is 0 Å². The van der Waals surface area contributed by atoms with Gasteiger partial charge < -0.3 is 24.0 Å². The number of hydrogen-bond donors (Lipinski definition) is 2. The maximum Gasteiger partial charge on any atom is 0.495 e. The van der Waals surface area contributed by atoms with Gasteiger partial charge in [0, 0.05) is 10.8 Å². The number of imidazole rings is 1. The molecule has 172 valence electrons. The lowest BCUT2D eigenvalue weighted by molar-refractivity contribution is 0.00578. The van der Waals surface area contributed by atoms with Gasteiger partial charge in [-0.25, -0.2) is 4.98 Å². The SMILES string of the molecule is CC1(C)OB(c2ccc(-c3ccc4nc(C5CCCN5)[nH]c4c3)c3c4ccc(o4)c23)OC1(C)C. The highest BCUT2D eigenvalue weighted by Gasteiger charge is 2.52. The fraction of sp³-hybridized carbons (Fsp3) is 0.370. The Balaban J connectivity index is 1.35. The van der Waals surface area contributed by atoms with E-state index in [1.165, 1.54) is 6.42 Å². The van der Waals surface area contributed by atoms with Gasteiger partial charge in [-0.2, -0.15) is 0 Å². The molecule has 7 heteroatoms. The van der Waals surface area contributed by atoms with E-state index < -0.39 is 18.3 Å². The van der Waals surface area contributed by atoms with Crippen LogP contribution in [0.15, 0.2) is 46.9 Å². The molecule has 3 aromatic heterocycles. The van der Waals surface area contributed by atoms with Crippen molar-refractivity contribution in [2.45, 2.75) is 57.8 Å². The average Bonchev–Trinajstić information content (AvgIpc) is 3.61. The summed E-state index contributed by atoms with van der Waals surface area (Å²) in [5.74, 6) is 1.03. The number of furan rings is 2. The van der Waals surface area contributed by atoms with Crippen molar-refractivity contribution in [3.05, 3.63) is 48.3 Å². The molecule has 34 heavy (non-hydrogen) atoms. The van der Waals surface area contributed by atoms with Crippen LogP contribution in [0.25, 0.3) is 44.1 Å². The van der Waals surface area contributed by atoms with Gasteiger partial charge in [-0.05, 0) is 87.9 Å². The predicted molar refractivity (Wildman–Crippen MR) is 136 cm³/mol. The molecule has 0 aliphatic carbocycles. The smallest absolute Gasteiger partial charge is 0.456 e. The summed E-state index contributed by atoms with van der Waals surface area (Å²) in [6.07, 6.45) is 2.32. The standard InChI is InChI=1S/C27H28BN3O3/c1-26(2)27(3,4)34-28(33-26)17-9-8-16(23-21-11-12-22(32-21)24(17)23)15-7-10-18-20(14-15)31-25(30-18)19-6-5-13-29-19/h7-12,14,19,29H,5-6,13H2,1-4H3,(H,30,31). The average molecular weight is 453 g/mol. The van der Waals surface area contributed by atoms with E-state index in [9.17, 15) is 0 Å². The lowest BCUT2D eigenvalue weighted by atomic mass is 9.75. The minimum absolute atomic E-state index is 0.320. The molecule has 0 amide bonds. The molecule has 0 spiro atoms. The van der Waals surface area contributed by atoms with E-state index in [1.54, 1.807) is 0 Å². The Kier molecular flexibility index (Phi) is 4.13. The van der Waals surface area contributed by atoms with Crippen molar-refractivity contribution in [1.82, 2.24) is 15.3 Å². The molecule has 2 aromatic carbocycles. The van der Waals surface area contributed by atoms with E-state index in [0.29, 0.717) is 6.04 Å². The number of fused-ring (bicyclic) bond motifs is 6. The van der Waals surface area contributed by atoms with Gasteiger partial charge in [0.25, 0.3) is 0 Å². The van der Waals surface area contributed by atoms with Crippen LogP contribution in [-0.4, -0.2) is 34.8 Å². The van der Waals surface area contributed by atoms with Crippen LogP contribution in [0, 0.1) is 0 Å². The Morgan fingerprint density at radius 1 is 0.941 bits per heavy atom. The Morgan fingerprint density at radius 3 is 2.44 bits per heavy atom. The van der Waals surface area contributed by atoms with Crippen LogP contribution >= 0.6 is 0 Å². The quantitative estimate of drug-likeness (QED) is 0.363. The van der Waals surface area contributed by atoms with Crippen LogP contribution < -0.4 is 10.8 Å². The summed E-state index contributed by atoms with van der Waals surface area (Å²) in [5.41, 5.74) is 6.31. The number of nitrogens with zero attached hydrogens (tertiary/aromatic N) is 1. The number of nitrogens with one attached hydrogen (secondary N) is 2. The molecule has 2 N–H and O–H groups in total. The number of aromatic nitrogens is 2. The molecule has 1 unspecified atom stereocenters. The van der Waals surface area contributed by atoms with Gasteiger partial charge in [0.2, 0.25) is 0 Å². The van der Waals surface area contributed by atoms with Gasteiger partial charge in [-0.15, -0.1) is 0 Å². The number of rotatable bonds is 3. The van der Waals surface area contributed by atoms with Gasteiger partial charge in [-0.1, -0.05) is 18.2 Å². The summed E-state index contributed by atoms with van der Waals surface area (Å²) in [4.78, 5) is 8.39. The third-order valence-corrected chi connectivity index (χ3v) is 8.05. The lowest BCUT2D eigenvalue weighted by Gasteiger charge is -2.32. The molecule has 0 saturated carbocycles. The Bertz CT molecular complexity index is 1530. The van der Waals surface area contributed by atoms with Gasteiger partial charge in [-0.3, -0.25) is 0 Å². The lowest BCUT2D eigenvalue weighted by Crippen LogP contribution is -2.41. The molecule has 5 heterocycles. The van der Waals surface area contributed by atoms with Crippen molar-refractivity contribution in [2.24, 2.45) is 0 Å². The fourth-order valence-corrected chi connectivity index (χ4v) is 5.43. The second-order valence-electron chi connectivity index (χ2n) is 10.7. The zero-order chi connectivity index (χ0) is 23.2. The second-order valence-corrected chi connectivity index (χ2v) is 10.7. The Hall–Kier alpha value is -2.87. The molecule has 2 saturated heterocycles. The number of benzene rings is 3. The third kappa shape index (κ3) is 2.84. The molecule has 6 nitrogen and oxygen atoms in total. The van der Waals surface area contributed by atoms with E-state index in [0.717, 1.165) is 68.4 Å². The zero-order valence-electron chi connectivity index (χ0n) is 20.0. The molecule has 2 aliphatic rings. The van der Waals surface area contributed by atoms with Crippen LogP contribution in [0.4, 0.5) is 0 Å². The fourth-order valence-electron chi connectivity index (χ4n) is 5.43. The highest BCUT2D eigenvalue weighted by Crippen LogP contribution is 2.41. The summed E-state index contributed by atoms with van der Waals surface area (Å²) < 4.78 is 18.9. The summed E-state index contributed by atoms with van der Waals surface area (Å²) in [5, 5.41) is 5.72. The summed E-state index contributed by atoms with van der Waals surface area (Å²) in [7, 11) is -0.436. The highest BCUT2D eigenvalue weighted by atomic mass is 16.7. The van der Waals surface area contributed by atoms with Gasteiger partial charge >= 0.3 is 7.12 Å². The summed E-state index contributed by atoms with van der Waals surface area (Å²) in [6.45, 7) is 9.39. The van der Waals surface area contributed by atoms with Crippen LogP contribution in [0.5, 0.6) is 0 Å². The molecule has 7 rings (SSSR count). The Labute approximate surface area is 198 Å². The first-order valence-corrected chi connectivity index (χ1v) is 12.2. The molecule has 2 fully saturated rings. The first kappa shape index (κ1) is 20.5. The molecule has 2 bridgehead atoms. The van der Waals surface area contributed by atoms with Gasteiger partial charge in [0.15, 0.2) is 0 Å². The van der Waals surface area contributed by atoms with Crippen molar-refractivity contribution in [2.75, 3.05) is 6.54 Å². The second kappa shape index (κ2) is 6.84. The largest absolute Gasteiger partial charge is 0.495 e. The number of aromatic amines is 1. The van der Waals surface area contributed by atoms with E-state index in [4.69, 9.17) is 18.7 Å². The summed E-state index contributed by atoms with van der Waals surface area (Å²) >= 11 is 0. The Morgan fingerprint density at radius 2 is 1.71 bits per heavy atom. The van der Waals surface area contributed by atoms with E-state index >= 15 is 0 Å². The highest BCUT2D eigenvalue weighted by molar-refractivity contribution is 6.66. The molecule has 5 aromatic rings. The first-order chi connectivity index (χ1) is 16.3. The van der Waals surface area contributed by atoms with Crippen LogP contribution in [0.3, 0.4) is 0 Å². The first-order valence-electron chi connectivity index (χ1n) is 12.2. The third-order valence-electron chi connectivity index (χ3n) is 8.05. The van der Waals surface area contributed by atoms with Crippen molar-refractivity contribution >= 4 is 45.6 Å². The van der Waals surface area contributed by atoms with Crippen LogP contribution in [0.1, 0.15) is 52.4 Å². The molecule has 0 radical (unpaired) electrons. The van der Waals surface area contributed by atoms with Crippen molar-refractivity contribution in [3.8, 4) is 11.1 Å². The minimum atomic E-state index is -0.436. The zero-order valence-corrected chi connectivity index (χ0v) is 20.0. The molecule has 1 atom stereocenters. The van der Waals surface area contributed by atoms with Crippen molar-refractivity contribution in [1.29, 1.82) is 0 Å². The van der Waals surface area contributed by atoms with Gasteiger partial charge in [0.1, 0.15) is 17.0 Å². The normalized spacial score (nSPS) is 22.1. The van der Waals surface area contributed by atoms with Crippen LogP contribution in [-0.2, 0) is 9.31 Å². The molecular weight excluding hydrogens is 425 g/mol. The van der Waals surface area contributed by atoms with E-state index in [2.05, 4.69) is 68.3 Å². The van der Waals surface area contributed by atoms with Crippen molar-refractivity contribution in [3.63, 3.8) is 0 Å². The van der Waals surface area contributed by atoms with Gasteiger partial charge in [0.05, 0.1) is 28.3 Å². The topological polar surface area (TPSA) is 72.3 Å². The monoisotopic (exact) mass is 453 g/mol. The predicted octanol–water partition coefficient (Wildman–Crippen LogP) is 5.29. The molecule has 2 aliphatic heterocycles. The number of hydrogen-bond acceptors (Lipinski definition) is 5. The van der Waals surface area contributed by atoms with Crippen molar-refractivity contribution < 1.29 is 13.7 Å². The molecular formula is C27H28BN3O3. The minimum Gasteiger partial charge on any atom is -0.456 e.